The number of nitrogens with zero attached hydrogens (tertiary/aromatic N) is 2. The number of rotatable bonds is 5. The van der Waals surface area contributed by atoms with Crippen LogP contribution in [0.1, 0.15) is 45.4 Å². The van der Waals surface area contributed by atoms with Gasteiger partial charge in [0.25, 0.3) is 0 Å². The van der Waals surface area contributed by atoms with Crippen molar-refractivity contribution in [1.82, 2.24) is 15.1 Å². The van der Waals surface area contributed by atoms with Crippen LogP contribution in [0.15, 0.2) is 0 Å². The lowest BCUT2D eigenvalue weighted by molar-refractivity contribution is -0.130. The molecule has 1 N–H and O–H groups in total. The molecule has 1 aliphatic heterocycles. The van der Waals surface area contributed by atoms with E-state index in [0.717, 1.165) is 19.0 Å². The van der Waals surface area contributed by atoms with Crippen LogP contribution in [0.2, 0.25) is 0 Å². The minimum Gasteiger partial charge on any atom is -0.348 e. The van der Waals surface area contributed by atoms with Crippen molar-refractivity contribution in [3.63, 3.8) is 0 Å². The Morgan fingerprint density at radius 2 is 1.80 bits per heavy atom. The van der Waals surface area contributed by atoms with E-state index >= 15 is 0 Å². The molecule has 1 atom stereocenters. The van der Waals surface area contributed by atoms with E-state index in [-0.39, 0.29) is 5.91 Å². The van der Waals surface area contributed by atoms with Crippen LogP contribution in [0.5, 0.6) is 0 Å². The second-order valence-corrected chi connectivity index (χ2v) is 6.84. The highest BCUT2D eigenvalue weighted by atomic mass is 16.2. The number of likely N-dealkylation sites (tertiary alicyclic amines) is 1. The number of likely N-dealkylation sites (N-methyl/N-ethyl adjacent to an activating group) is 1. The van der Waals surface area contributed by atoms with E-state index in [2.05, 4.69) is 17.1 Å². The van der Waals surface area contributed by atoms with Gasteiger partial charge < -0.3 is 10.2 Å². The number of hydrogen-bond acceptors (Lipinski definition) is 3. The summed E-state index contributed by atoms with van der Waals surface area (Å²) < 4.78 is 0. The minimum atomic E-state index is 0.218. The first-order valence-corrected chi connectivity index (χ1v) is 8.25. The van der Waals surface area contributed by atoms with Crippen LogP contribution in [0.3, 0.4) is 0 Å². The zero-order chi connectivity index (χ0) is 14.5. The summed E-state index contributed by atoms with van der Waals surface area (Å²) in [4.78, 5) is 15.7. The molecular weight excluding hydrogens is 250 g/mol. The smallest absolute Gasteiger partial charge is 0.236 e. The average molecular weight is 281 g/mol. The second-order valence-electron chi connectivity index (χ2n) is 6.84. The van der Waals surface area contributed by atoms with Crippen LogP contribution in [-0.2, 0) is 4.79 Å². The van der Waals surface area contributed by atoms with Gasteiger partial charge in [-0.3, -0.25) is 9.69 Å². The van der Waals surface area contributed by atoms with Crippen LogP contribution < -0.4 is 5.32 Å². The maximum atomic E-state index is 11.7. The normalized spacial score (nSPS) is 23.9. The lowest BCUT2D eigenvalue weighted by Crippen LogP contribution is -2.48. The Balaban J connectivity index is 1.67. The maximum Gasteiger partial charge on any atom is 0.236 e. The highest BCUT2D eigenvalue weighted by molar-refractivity contribution is 5.77. The second kappa shape index (κ2) is 7.41. The van der Waals surface area contributed by atoms with Crippen LogP contribution in [-0.4, -0.2) is 61.5 Å². The Bertz CT molecular complexity index is 305. The third-order valence-corrected chi connectivity index (χ3v) is 5.05. The molecule has 2 aliphatic rings. The molecule has 116 valence electrons. The first kappa shape index (κ1) is 15.8. The van der Waals surface area contributed by atoms with Gasteiger partial charge in [-0.2, -0.15) is 0 Å². The van der Waals surface area contributed by atoms with Gasteiger partial charge in [-0.1, -0.05) is 12.8 Å². The fraction of sp³-hybridized carbons (Fsp3) is 0.938. The van der Waals surface area contributed by atoms with Crippen molar-refractivity contribution in [3.05, 3.63) is 0 Å². The number of piperidine rings is 1. The average Bonchev–Trinajstić information content (AvgIpc) is 2.95. The molecule has 0 unspecified atom stereocenters. The van der Waals surface area contributed by atoms with Crippen molar-refractivity contribution >= 4 is 5.91 Å². The summed E-state index contributed by atoms with van der Waals surface area (Å²) in [5.74, 6) is 1.11. The number of nitrogens with one attached hydrogen (secondary N) is 1. The van der Waals surface area contributed by atoms with Crippen LogP contribution in [0.4, 0.5) is 0 Å². The monoisotopic (exact) mass is 281 g/mol. The Morgan fingerprint density at radius 3 is 2.35 bits per heavy atom. The molecule has 1 saturated carbocycles. The molecular formula is C16H31N3O. The fourth-order valence-electron chi connectivity index (χ4n) is 3.56. The highest BCUT2D eigenvalue weighted by Gasteiger charge is 2.26. The molecule has 1 amide bonds. The predicted molar refractivity (Wildman–Crippen MR) is 82.7 cm³/mol. The van der Waals surface area contributed by atoms with Gasteiger partial charge in [0, 0.05) is 39.3 Å². The zero-order valence-corrected chi connectivity index (χ0v) is 13.4. The van der Waals surface area contributed by atoms with Gasteiger partial charge in [-0.05, 0) is 38.5 Å². The van der Waals surface area contributed by atoms with Crippen molar-refractivity contribution < 1.29 is 4.79 Å². The fourth-order valence-corrected chi connectivity index (χ4v) is 3.56. The van der Waals surface area contributed by atoms with Gasteiger partial charge in [0.2, 0.25) is 5.91 Å². The molecule has 4 heteroatoms. The third kappa shape index (κ3) is 4.45. The van der Waals surface area contributed by atoms with Crippen molar-refractivity contribution in [2.45, 2.75) is 57.5 Å². The quantitative estimate of drug-likeness (QED) is 0.833. The maximum absolute atomic E-state index is 11.7. The molecule has 1 heterocycles. The molecule has 4 nitrogen and oxygen atoms in total. The third-order valence-electron chi connectivity index (χ3n) is 5.05. The zero-order valence-electron chi connectivity index (χ0n) is 13.4. The lowest BCUT2D eigenvalue weighted by Gasteiger charge is -2.35. The molecule has 0 aromatic rings. The number of hydrogen-bond donors (Lipinski definition) is 1. The topological polar surface area (TPSA) is 35.6 Å². The van der Waals surface area contributed by atoms with Gasteiger partial charge in [-0.25, -0.2) is 0 Å². The van der Waals surface area contributed by atoms with Crippen molar-refractivity contribution in [2.24, 2.45) is 5.92 Å². The molecule has 1 aliphatic carbocycles. The molecule has 0 aromatic carbocycles. The van der Waals surface area contributed by atoms with Gasteiger partial charge in [0.15, 0.2) is 0 Å². The van der Waals surface area contributed by atoms with E-state index < -0.39 is 0 Å². The van der Waals surface area contributed by atoms with E-state index in [1.54, 1.807) is 4.90 Å². The Kier molecular flexibility index (Phi) is 5.85. The van der Waals surface area contributed by atoms with E-state index in [0.29, 0.717) is 18.6 Å². The van der Waals surface area contributed by atoms with Crippen LogP contribution in [0, 0.1) is 5.92 Å². The summed E-state index contributed by atoms with van der Waals surface area (Å²) in [6.07, 6.45) is 8.01. The van der Waals surface area contributed by atoms with Gasteiger partial charge >= 0.3 is 0 Å². The number of carbonyl (C=O) groups excluding carboxylic acids is 1. The summed E-state index contributed by atoms with van der Waals surface area (Å²) in [5, 5.41) is 3.84. The number of carbonyl (C=O) groups is 1. The predicted octanol–water partition coefficient (Wildman–Crippen LogP) is 1.71. The molecule has 1 saturated heterocycles. The van der Waals surface area contributed by atoms with E-state index in [1.165, 1.54) is 38.5 Å². The van der Waals surface area contributed by atoms with E-state index in [9.17, 15) is 4.79 Å². The van der Waals surface area contributed by atoms with Crippen molar-refractivity contribution in [3.8, 4) is 0 Å². The molecule has 0 aromatic heterocycles. The summed E-state index contributed by atoms with van der Waals surface area (Å²) in [6.45, 7) is 5.04. The van der Waals surface area contributed by atoms with E-state index in [4.69, 9.17) is 0 Å². The van der Waals surface area contributed by atoms with Crippen LogP contribution in [0.25, 0.3) is 0 Å². The lowest BCUT2D eigenvalue weighted by atomic mass is 9.96. The first-order chi connectivity index (χ1) is 9.56. The summed E-state index contributed by atoms with van der Waals surface area (Å²) >= 11 is 0. The van der Waals surface area contributed by atoms with Gasteiger partial charge in [0.1, 0.15) is 0 Å². The SMILES string of the molecule is C[C@@H](NC1CCN(CC(=O)N(C)C)CC1)C1CCCC1. The van der Waals surface area contributed by atoms with Crippen LogP contribution >= 0.6 is 0 Å². The molecule has 2 rings (SSSR count). The number of amides is 1. The summed E-state index contributed by atoms with van der Waals surface area (Å²) in [6, 6.07) is 1.31. The molecule has 2 fully saturated rings. The molecule has 20 heavy (non-hydrogen) atoms. The Hall–Kier alpha value is -0.610. The van der Waals surface area contributed by atoms with Crippen molar-refractivity contribution in [1.29, 1.82) is 0 Å². The van der Waals surface area contributed by atoms with Gasteiger partial charge in [-0.15, -0.1) is 0 Å². The Morgan fingerprint density at radius 1 is 1.20 bits per heavy atom. The summed E-state index contributed by atoms with van der Waals surface area (Å²) in [7, 11) is 3.67. The Labute approximate surface area is 123 Å². The molecule has 0 radical (unpaired) electrons. The standard InChI is InChI=1S/C16H31N3O/c1-13(14-6-4-5-7-14)17-15-8-10-19(11-9-15)12-16(20)18(2)3/h13-15,17H,4-12H2,1-3H3/t13-/m1/s1. The van der Waals surface area contributed by atoms with Crippen molar-refractivity contribution in [2.75, 3.05) is 33.7 Å². The highest BCUT2D eigenvalue weighted by Crippen LogP contribution is 2.28. The molecule has 0 bridgehead atoms. The summed E-state index contributed by atoms with van der Waals surface area (Å²) in [5.41, 5.74) is 0. The van der Waals surface area contributed by atoms with E-state index in [1.807, 2.05) is 14.1 Å². The largest absolute Gasteiger partial charge is 0.348 e. The first-order valence-electron chi connectivity index (χ1n) is 8.25. The van der Waals surface area contributed by atoms with Gasteiger partial charge in [0.05, 0.1) is 6.54 Å². The minimum absolute atomic E-state index is 0.218. The molecule has 0 spiro atoms.